The molecule has 2 aromatic heterocycles. The molecule has 1 aromatic carbocycles. The number of hydrogen-bond acceptors (Lipinski definition) is 4. The zero-order valence-corrected chi connectivity index (χ0v) is 11.4. The third-order valence-corrected chi connectivity index (χ3v) is 3.78. The molecule has 3 aromatic rings. The summed E-state index contributed by atoms with van der Waals surface area (Å²) in [5.41, 5.74) is 4.51. The van der Waals surface area contributed by atoms with Gasteiger partial charge in [0.1, 0.15) is 5.01 Å². The molecule has 0 saturated heterocycles. The quantitative estimate of drug-likeness (QED) is 0.763. The molecule has 3 rings (SSSR count). The fourth-order valence-electron chi connectivity index (χ4n) is 1.88. The molecule has 0 saturated carbocycles. The second-order valence-corrected chi connectivity index (χ2v) is 5.19. The van der Waals surface area contributed by atoms with Gasteiger partial charge in [-0.25, -0.2) is 4.98 Å². The van der Waals surface area contributed by atoms with Gasteiger partial charge in [-0.1, -0.05) is 12.1 Å². The molecular formula is C14H14N4S. The van der Waals surface area contributed by atoms with Crippen LogP contribution in [-0.4, -0.2) is 15.2 Å². The monoisotopic (exact) mass is 270 g/mol. The minimum atomic E-state index is 0.768. The molecular weight excluding hydrogens is 256 g/mol. The standard InChI is InChI=1S/C14H14N4S/c1-10-12(9-17-18-10)8-16-13-4-2-3-11(7-13)14-15-5-6-19-14/h2-7,9,16H,8H2,1H3,(H,17,18). The lowest BCUT2D eigenvalue weighted by atomic mass is 10.2. The number of H-pyrrole nitrogens is 1. The number of nitrogens with one attached hydrogen (secondary N) is 2. The van der Waals surface area contributed by atoms with E-state index in [1.807, 2.05) is 30.8 Å². The molecule has 0 atom stereocenters. The number of benzene rings is 1. The second kappa shape index (κ2) is 5.24. The third kappa shape index (κ3) is 2.66. The number of rotatable bonds is 4. The fraction of sp³-hybridized carbons (Fsp3) is 0.143. The van der Waals surface area contributed by atoms with Crippen molar-refractivity contribution in [3.63, 3.8) is 0 Å². The van der Waals surface area contributed by atoms with Crippen molar-refractivity contribution in [2.75, 3.05) is 5.32 Å². The number of nitrogens with zero attached hydrogens (tertiary/aromatic N) is 2. The molecule has 5 heteroatoms. The molecule has 0 amide bonds. The van der Waals surface area contributed by atoms with Gasteiger partial charge in [0.25, 0.3) is 0 Å². The molecule has 0 aliphatic rings. The van der Waals surface area contributed by atoms with Gasteiger partial charge in [-0.05, 0) is 19.1 Å². The van der Waals surface area contributed by atoms with Crippen molar-refractivity contribution in [3.05, 3.63) is 53.3 Å². The smallest absolute Gasteiger partial charge is 0.123 e. The Balaban J connectivity index is 1.75. The summed E-state index contributed by atoms with van der Waals surface area (Å²) in [6.45, 7) is 2.79. The lowest BCUT2D eigenvalue weighted by Crippen LogP contribution is -1.99. The van der Waals surface area contributed by atoms with Crippen molar-refractivity contribution in [2.45, 2.75) is 13.5 Å². The SMILES string of the molecule is Cc1[nH]ncc1CNc1cccc(-c2nccs2)c1. The zero-order chi connectivity index (χ0) is 13.1. The van der Waals surface area contributed by atoms with Crippen LogP contribution in [0.2, 0.25) is 0 Å². The van der Waals surface area contributed by atoms with Gasteiger partial charge >= 0.3 is 0 Å². The number of aryl methyl sites for hydroxylation is 1. The van der Waals surface area contributed by atoms with Gasteiger partial charge in [0.15, 0.2) is 0 Å². The summed E-state index contributed by atoms with van der Waals surface area (Å²) in [5.74, 6) is 0. The van der Waals surface area contributed by atoms with Crippen molar-refractivity contribution in [2.24, 2.45) is 0 Å². The first-order chi connectivity index (χ1) is 9.33. The molecule has 19 heavy (non-hydrogen) atoms. The van der Waals surface area contributed by atoms with E-state index >= 15 is 0 Å². The average Bonchev–Trinajstić information content (AvgIpc) is 3.08. The molecule has 2 heterocycles. The first-order valence-corrected chi connectivity index (χ1v) is 6.93. The summed E-state index contributed by atoms with van der Waals surface area (Å²) in [4.78, 5) is 4.33. The van der Waals surface area contributed by atoms with Gasteiger partial charge in [0.05, 0.1) is 6.20 Å². The molecule has 4 nitrogen and oxygen atoms in total. The molecule has 2 N–H and O–H groups in total. The Hall–Kier alpha value is -2.14. The van der Waals surface area contributed by atoms with Crippen LogP contribution in [0.25, 0.3) is 10.6 Å². The maximum absolute atomic E-state index is 4.33. The topological polar surface area (TPSA) is 53.6 Å². The van der Waals surface area contributed by atoms with Crippen LogP contribution < -0.4 is 5.32 Å². The number of hydrogen-bond donors (Lipinski definition) is 2. The van der Waals surface area contributed by atoms with Crippen LogP contribution in [0.1, 0.15) is 11.3 Å². The van der Waals surface area contributed by atoms with Crippen LogP contribution in [0.15, 0.2) is 42.0 Å². The van der Waals surface area contributed by atoms with Crippen molar-refractivity contribution in [1.29, 1.82) is 0 Å². The Morgan fingerprint density at radius 2 is 2.32 bits per heavy atom. The summed E-state index contributed by atoms with van der Waals surface area (Å²) < 4.78 is 0. The van der Waals surface area contributed by atoms with Gasteiger partial charge in [0.2, 0.25) is 0 Å². The lowest BCUT2D eigenvalue weighted by Gasteiger charge is -2.07. The number of aromatic amines is 1. The van der Waals surface area contributed by atoms with Crippen molar-refractivity contribution in [1.82, 2.24) is 15.2 Å². The first-order valence-electron chi connectivity index (χ1n) is 6.05. The highest BCUT2D eigenvalue weighted by Gasteiger charge is 2.03. The fourth-order valence-corrected chi connectivity index (χ4v) is 2.51. The number of aromatic nitrogens is 3. The van der Waals surface area contributed by atoms with E-state index in [0.717, 1.165) is 28.5 Å². The lowest BCUT2D eigenvalue weighted by molar-refractivity contribution is 1.04. The van der Waals surface area contributed by atoms with E-state index in [-0.39, 0.29) is 0 Å². The highest BCUT2D eigenvalue weighted by atomic mass is 32.1. The minimum absolute atomic E-state index is 0.768. The second-order valence-electron chi connectivity index (χ2n) is 4.29. The Kier molecular flexibility index (Phi) is 3.29. The number of anilines is 1. The zero-order valence-electron chi connectivity index (χ0n) is 10.6. The summed E-state index contributed by atoms with van der Waals surface area (Å²) in [6, 6.07) is 8.30. The van der Waals surface area contributed by atoms with Crippen LogP contribution in [-0.2, 0) is 6.54 Å². The maximum atomic E-state index is 4.33. The maximum Gasteiger partial charge on any atom is 0.123 e. The number of thiazole rings is 1. The molecule has 0 aliphatic heterocycles. The predicted molar refractivity (Wildman–Crippen MR) is 78.2 cm³/mol. The van der Waals surface area contributed by atoms with Crippen LogP contribution in [0.5, 0.6) is 0 Å². The van der Waals surface area contributed by atoms with Gasteiger partial charge in [-0.3, -0.25) is 5.10 Å². The molecule has 0 bridgehead atoms. The minimum Gasteiger partial charge on any atom is -0.381 e. The summed E-state index contributed by atoms with van der Waals surface area (Å²) in [7, 11) is 0. The molecule has 0 spiro atoms. The van der Waals surface area contributed by atoms with E-state index in [2.05, 4.69) is 38.7 Å². The van der Waals surface area contributed by atoms with E-state index in [9.17, 15) is 0 Å². The van der Waals surface area contributed by atoms with Crippen molar-refractivity contribution < 1.29 is 0 Å². The largest absolute Gasteiger partial charge is 0.381 e. The van der Waals surface area contributed by atoms with Crippen LogP contribution in [0, 0.1) is 6.92 Å². The molecule has 96 valence electrons. The summed E-state index contributed by atoms with van der Waals surface area (Å²) in [5, 5.41) is 13.4. The van der Waals surface area contributed by atoms with E-state index in [4.69, 9.17) is 0 Å². The van der Waals surface area contributed by atoms with E-state index < -0.39 is 0 Å². The van der Waals surface area contributed by atoms with Crippen LogP contribution >= 0.6 is 11.3 Å². The highest BCUT2D eigenvalue weighted by Crippen LogP contribution is 2.24. The van der Waals surface area contributed by atoms with Gasteiger partial charge in [-0.15, -0.1) is 11.3 Å². The Bertz CT molecular complexity index is 658. The average molecular weight is 270 g/mol. The first kappa shape index (κ1) is 11.9. The van der Waals surface area contributed by atoms with Gasteiger partial charge in [-0.2, -0.15) is 5.10 Å². The summed E-state index contributed by atoms with van der Waals surface area (Å²) in [6.07, 6.45) is 3.68. The molecule has 0 radical (unpaired) electrons. The van der Waals surface area contributed by atoms with Gasteiger partial charge < -0.3 is 5.32 Å². The summed E-state index contributed by atoms with van der Waals surface area (Å²) >= 11 is 1.65. The molecule has 0 fully saturated rings. The van der Waals surface area contributed by atoms with Gasteiger partial charge in [0, 0.05) is 40.6 Å². The van der Waals surface area contributed by atoms with Crippen LogP contribution in [0.3, 0.4) is 0 Å². The van der Waals surface area contributed by atoms with Crippen molar-refractivity contribution >= 4 is 17.0 Å². The Morgan fingerprint density at radius 3 is 3.05 bits per heavy atom. The Labute approximate surface area is 115 Å². The van der Waals surface area contributed by atoms with E-state index in [1.54, 1.807) is 11.3 Å². The molecule has 0 unspecified atom stereocenters. The third-order valence-electron chi connectivity index (χ3n) is 2.96. The van der Waals surface area contributed by atoms with Crippen LogP contribution in [0.4, 0.5) is 5.69 Å². The van der Waals surface area contributed by atoms with Crippen molar-refractivity contribution in [3.8, 4) is 10.6 Å². The predicted octanol–water partition coefficient (Wildman–Crippen LogP) is 3.45. The molecule has 0 aliphatic carbocycles. The highest BCUT2D eigenvalue weighted by molar-refractivity contribution is 7.13. The Morgan fingerprint density at radius 1 is 1.37 bits per heavy atom. The normalized spacial score (nSPS) is 10.6. The van der Waals surface area contributed by atoms with E-state index in [0.29, 0.717) is 0 Å². The van der Waals surface area contributed by atoms with E-state index in [1.165, 1.54) is 5.56 Å².